The minimum Gasteiger partial charge on any atom is -0.347 e. The van der Waals surface area contributed by atoms with Gasteiger partial charge in [0, 0.05) is 6.42 Å². The minimum absolute atomic E-state index is 0.00836. The lowest BCUT2D eigenvalue weighted by atomic mass is 10.0. The zero-order chi connectivity index (χ0) is 15.5. The molecule has 2 N–H and O–H groups in total. The van der Waals surface area contributed by atoms with E-state index in [2.05, 4.69) is 17.6 Å². The van der Waals surface area contributed by atoms with Gasteiger partial charge in [0.05, 0.1) is 6.54 Å². The van der Waals surface area contributed by atoms with Gasteiger partial charge in [0.15, 0.2) is 0 Å². The molecule has 0 aromatic heterocycles. The minimum atomic E-state index is -0.576. The molecule has 0 bridgehead atoms. The topological polar surface area (TPSA) is 75.3 Å². The van der Waals surface area contributed by atoms with Gasteiger partial charge < -0.3 is 10.6 Å². The van der Waals surface area contributed by atoms with Crippen LogP contribution in [0.25, 0.3) is 0 Å². The molecule has 0 rings (SSSR count). The number of carbonyl (C=O) groups is 3. The first-order chi connectivity index (χ1) is 9.38. The first kappa shape index (κ1) is 18.6. The highest BCUT2D eigenvalue weighted by molar-refractivity contribution is 5.90. The fraction of sp³-hybridized carbons (Fsp3) is 0.800. The van der Waals surface area contributed by atoms with Gasteiger partial charge in [-0.3, -0.25) is 14.4 Å². The van der Waals surface area contributed by atoms with Crippen LogP contribution in [0.15, 0.2) is 0 Å². The van der Waals surface area contributed by atoms with Crippen LogP contribution in [0.1, 0.15) is 59.8 Å². The Labute approximate surface area is 121 Å². The third-order valence-electron chi connectivity index (χ3n) is 3.03. The normalized spacial score (nSPS) is 12.1. The van der Waals surface area contributed by atoms with Crippen LogP contribution in [0.5, 0.6) is 0 Å². The Bertz CT molecular complexity index is 327. The number of unbranched alkanes of at least 4 members (excludes halogenated alkanes) is 3. The molecule has 0 saturated carbocycles. The molecular weight excluding hydrogens is 256 g/mol. The van der Waals surface area contributed by atoms with E-state index in [9.17, 15) is 14.4 Å². The predicted octanol–water partition coefficient (Wildman–Crippen LogP) is 1.80. The molecule has 0 aliphatic carbocycles. The fourth-order valence-corrected chi connectivity index (χ4v) is 1.81. The van der Waals surface area contributed by atoms with Crippen molar-refractivity contribution in [3.63, 3.8) is 0 Å². The molecule has 1 unspecified atom stereocenters. The summed E-state index contributed by atoms with van der Waals surface area (Å²) in [6.45, 7) is 7.28. The highest BCUT2D eigenvalue weighted by Crippen LogP contribution is 2.05. The highest BCUT2D eigenvalue weighted by atomic mass is 16.2. The van der Waals surface area contributed by atoms with E-state index < -0.39 is 6.04 Å². The second-order valence-corrected chi connectivity index (χ2v) is 5.52. The summed E-state index contributed by atoms with van der Waals surface area (Å²) in [5, 5.41) is 5.30. The van der Waals surface area contributed by atoms with Crippen LogP contribution in [-0.4, -0.2) is 30.2 Å². The largest absolute Gasteiger partial charge is 0.347 e. The third kappa shape index (κ3) is 8.67. The molecular formula is C15H28N2O3. The first-order valence-electron chi connectivity index (χ1n) is 7.45. The van der Waals surface area contributed by atoms with Gasteiger partial charge in [0.2, 0.25) is 11.8 Å². The van der Waals surface area contributed by atoms with E-state index in [0.717, 1.165) is 25.7 Å². The lowest BCUT2D eigenvalue weighted by Gasteiger charge is -2.21. The lowest BCUT2D eigenvalue weighted by molar-refractivity contribution is -0.131. The van der Waals surface area contributed by atoms with Crippen molar-refractivity contribution in [2.24, 2.45) is 5.92 Å². The number of ketones is 1. The lowest BCUT2D eigenvalue weighted by Crippen LogP contribution is -2.50. The van der Waals surface area contributed by atoms with Crippen LogP contribution in [0.3, 0.4) is 0 Å². The molecule has 0 saturated heterocycles. The van der Waals surface area contributed by atoms with Crippen LogP contribution in [0, 0.1) is 5.92 Å². The van der Waals surface area contributed by atoms with E-state index >= 15 is 0 Å². The van der Waals surface area contributed by atoms with E-state index in [1.54, 1.807) is 0 Å². The van der Waals surface area contributed by atoms with Gasteiger partial charge >= 0.3 is 0 Å². The monoisotopic (exact) mass is 284 g/mol. The Kier molecular flexibility index (Phi) is 9.68. The van der Waals surface area contributed by atoms with Crippen molar-refractivity contribution in [3.8, 4) is 0 Å². The van der Waals surface area contributed by atoms with Crippen molar-refractivity contribution in [2.45, 2.75) is 65.8 Å². The van der Waals surface area contributed by atoms with E-state index in [1.807, 2.05) is 13.8 Å². The van der Waals surface area contributed by atoms with Crippen molar-refractivity contribution < 1.29 is 14.4 Å². The maximum atomic E-state index is 11.9. The summed E-state index contributed by atoms with van der Waals surface area (Å²) in [7, 11) is 0. The zero-order valence-corrected chi connectivity index (χ0v) is 13.1. The predicted molar refractivity (Wildman–Crippen MR) is 79.2 cm³/mol. The SMILES string of the molecule is CCCCCCC(=O)NC(C(=O)NCC(C)=O)C(C)C. The summed E-state index contributed by atoms with van der Waals surface area (Å²) in [4.78, 5) is 34.6. The number of rotatable bonds is 10. The number of Topliss-reactive ketones (excluding diaryl/α,β-unsaturated/α-hetero) is 1. The quantitative estimate of drug-likeness (QED) is 0.601. The summed E-state index contributed by atoms with van der Waals surface area (Å²) >= 11 is 0. The molecule has 0 aromatic rings. The van der Waals surface area contributed by atoms with Crippen LogP contribution in [0.2, 0.25) is 0 Å². The molecule has 0 fully saturated rings. The number of nitrogens with one attached hydrogen (secondary N) is 2. The maximum Gasteiger partial charge on any atom is 0.243 e. The molecule has 5 heteroatoms. The summed E-state index contributed by atoms with van der Waals surface area (Å²) in [6, 6.07) is -0.576. The third-order valence-corrected chi connectivity index (χ3v) is 3.03. The Hall–Kier alpha value is -1.39. The van der Waals surface area contributed by atoms with Gasteiger partial charge in [-0.1, -0.05) is 40.0 Å². The van der Waals surface area contributed by atoms with Crippen LogP contribution in [0.4, 0.5) is 0 Å². The average molecular weight is 284 g/mol. The van der Waals surface area contributed by atoms with Crippen LogP contribution < -0.4 is 10.6 Å². The second-order valence-electron chi connectivity index (χ2n) is 5.52. The molecule has 20 heavy (non-hydrogen) atoms. The average Bonchev–Trinajstić information content (AvgIpc) is 2.37. The zero-order valence-electron chi connectivity index (χ0n) is 13.1. The summed E-state index contributed by atoms with van der Waals surface area (Å²) in [5.74, 6) is -0.511. The second kappa shape index (κ2) is 10.4. The number of hydrogen-bond donors (Lipinski definition) is 2. The number of amides is 2. The number of carbonyl (C=O) groups excluding carboxylic acids is 3. The molecule has 0 spiro atoms. The highest BCUT2D eigenvalue weighted by Gasteiger charge is 2.23. The summed E-state index contributed by atoms with van der Waals surface area (Å²) < 4.78 is 0. The van der Waals surface area contributed by atoms with Crippen LogP contribution in [-0.2, 0) is 14.4 Å². The molecule has 0 heterocycles. The van der Waals surface area contributed by atoms with E-state index in [1.165, 1.54) is 6.92 Å². The smallest absolute Gasteiger partial charge is 0.243 e. The van der Waals surface area contributed by atoms with Crippen molar-refractivity contribution in [1.29, 1.82) is 0 Å². The van der Waals surface area contributed by atoms with Gasteiger partial charge in [-0.25, -0.2) is 0 Å². The summed E-state index contributed by atoms with van der Waals surface area (Å²) in [6.07, 6.45) is 4.58. The van der Waals surface area contributed by atoms with Gasteiger partial charge in [0.1, 0.15) is 11.8 Å². The Morgan fingerprint density at radius 3 is 2.20 bits per heavy atom. The van der Waals surface area contributed by atoms with Gasteiger partial charge in [0.25, 0.3) is 0 Å². The molecule has 2 amide bonds. The van der Waals surface area contributed by atoms with E-state index in [4.69, 9.17) is 0 Å². The fourth-order valence-electron chi connectivity index (χ4n) is 1.81. The van der Waals surface area contributed by atoms with Gasteiger partial charge in [-0.2, -0.15) is 0 Å². The molecule has 0 radical (unpaired) electrons. The van der Waals surface area contributed by atoms with Crippen LogP contribution >= 0.6 is 0 Å². The molecule has 0 aliphatic heterocycles. The molecule has 116 valence electrons. The molecule has 5 nitrogen and oxygen atoms in total. The Morgan fingerprint density at radius 1 is 1.05 bits per heavy atom. The van der Waals surface area contributed by atoms with Gasteiger partial charge in [-0.05, 0) is 19.3 Å². The van der Waals surface area contributed by atoms with Crippen molar-refractivity contribution in [3.05, 3.63) is 0 Å². The van der Waals surface area contributed by atoms with Gasteiger partial charge in [-0.15, -0.1) is 0 Å². The molecule has 0 aromatic carbocycles. The number of hydrogen-bond acceptors (Lipinski definition) is 3. The molecule has 1 atom stereocenters. The maximum absolute atomic E-state index is 11.9. The van der Waals surface area contributed by atoms with E-state index in [0.29, 0.717) is 6.42 Å². The van der Waals surface area contributed by atoms with Crippen molar-refractivity contribution in [1.82, 2.24) is 10.6 Å². The Morgan fingerprint density at radius 2 is 1.70 bits per heavy atom. The van der Waals surface area contributed by atoms with Crippen molar-refractivity contribution >= 4 is 17.6 Å². The van der Waals surface area contributed by atoms with E-state index in [-0.39, 0.29) is 30.1 Å². The molecule has 0 aliphatic rings. The Balaban J connectivity index is 4.21. The standard InChI is InChI=1S/C15H28N2O3/c1-5-6-7-8-9-13(19)17-14(11(2)3)15(20)16-10-12(4)18/h11,14H,5-10H2,1-4H3,(H,16,20)(H,17,19). The first-order valence-corrected chi connectivity index (χ1v) is 7.45. The van der Waals surface area contributed by atoms with Crippen molar-refractivity contribution in [2.75, 3.05) is 6.54 Å². The summed E-state index contributed by atoms with van der Waals surface area (Å²) in [5.41, 5.74) is 0.